The van der Waals surface area contributed by atoms with Crippen molar-refractivity contribution in [2.24, 2.45) is 0 Å². The van der Waals surface area contributed by atoms with Crippen molar-refractivity contribution in [3.8, 4) is 0 Å². The lowest BCUT2D eigenvalue weighted by Crippen LogP contribution is -2.21. The highest BCUT2D eigenvalue weighted by Crippen LogP contribution is 2.25. The van der Waals surface area contributed by atoms with E-state index in [0.29, 0.717) is 0 Å². The number of para-hydroxylation sites is 1. The normalized spacial score (nSPS) is 10.6. The van der Waals surface area contributed by atoms with Gasteiger partial charge in [0.05, 0.1) is 11.4 Å². The van der Waals surface area contributed by atoms with E-state index >= 15 is 0 Å². The SMILES string of the molecule is Cc1ccsc1CCN(C)c1cccc(F)c1N. The molecule has 0 aliphatic rings. The second-order valence-electron chi connectivity index (χ2n) is 4.37. The Hall–Kier alpha value is -1.55. The third-order valence-electron chi connectivity index (χ3n) is 3.08. The highest BCUT2D eigenvalue weighted by Gasteiger charge is 2.09. The van der Waals surface area contributed by atoms with Crippen LogP contribution in [0.1, 0.15) is 10.4 Å². The van der Waals surface area contributed by atoms with Gasteiger partial charge in [-0.05, 0) is 42.5 Å². The first kappa shape index (κ1) is 12.9. The number of thiophene rings is 1. The zero-order valence-electron chi connectivity index (χ0n) is 10.6. The number of nitrogens with two attached hydrogens (primary N) is 1. The Kier molecular flexibility index (Phi) is 3.87. The van der Waals surface area contributed by atoms with Crippen molar-refractivity contribution in [3.05, 3.63) is 45.9 Å². The first-order valence-electron chi connectivity index (χ1n) is 5.87. The largest absolute Gasteiger partial charge is 0.395 e. The molecule has 4 heteroatoms. The molecule has 2 rings (SSSR count). The van der Waals surface area contributed by atoms with Crippen molar-refractivity contribution in [2.45, 2.75) is 13.3 Å². The summed E-state index contributed by atoms with van der Waals surface area (Å²) >= 11 is 1.76. The minimum Gasteiger partial charge on any atom is -0.395 e. The number of nitrogen functional groups attached to an aromatic ring is 1. The van der Waals surface area contributed by atoms with Crippen LogP contribution in [-0.2, 0) is 6.42 Å². The molecule has 0 aliphatic heterocycles. The van der Waals surface area contributed by atoms with E-state index in [1.165, 1.54) is 16.5 Å². The van der Waals surface area contributed by atoms with Crippen molar-refractivity contribution in [1.29, 1.82) is 0 Å². The molecule has 2 aromatic rings. The molecule has 0 amide bonds. The van der Waals surface area contributed by atoms with Crippen LogP contribution in [0.25, 0.3) is 0 Å². The number of aryl methyl sites for hydroxylation is 1. The average molecular weight is 264 g/mol. The molecule has 1 aromatic heterocycles. The minimum absolute atomic E-state index is 0.225. The van der Waals surface area contributed by atoms with Crippen molar-refractivity contribution < 1.29 is 4.39 Å². The van der Waals surface area contributed by atoms with Gasteiger partial charge in [0.1, 0.15) is 5.82 Å². The number of hydrogen-bond acceptors (Lipinski definition) is 3. The number of anilines is 2. The van der Waals surface area contributed by atoms with Gasteiger partial charge in [-0.25, -0.2) is 4.39 Å². The van der Waals surface area contributed by atoms with Crippen LogP contribution in [0.4, 0.5) is 15.8 Å². The summed E-state index contributed by atoms with van der Waals surface area (Å²) in [4.78, 5) is 3.37. The van der Waals surface area contributed by atoms with E-state index in [9.17, 15) is 4.39 Å². The standard InChI is InChI=1S/C14H17FN2S/c1-10-7-9-18-13(10)6-8-17(2)12-5-3-4-11(15)14(12)16/h3-5,7,9H,6,8,16H2,1-2H3. The smallest absolute Gasteiger partial charge is 0.148 e. The zero-order chi connectivity index (χ0) is 13.1. The molecule has 0 radical (unpaired) electrons. The highest BCUT2D eigenvalue weighted by atomic mass is 32.1. The Bertz CT molecular complexity index is 536. The third kappa shape index (κ3) is 2.64. The lowest BCUT2D eigenvalue weighted by molar-refractivity contribution is 0.632. The maximum absolute atomic E-state index is 13.4. The van der Waals surface area contributed by atoms with Crippen LogP contribution in [0.2, 0.25) is 0 Å². The summed E-state index contributed by atoms with van der Waals surface area (Å²) in [5, 5.41) is 2.10. The van der Waals surface area contributed by atoms with Gasteiger partial charge in [0.25, 0.3) is 0 Å². The monoisotopic (exact) mass is 264 g/mol. The lowest BCUT2D eigenvalue weighted by atomic mass is 10.2. The number of likely N-dealkylation sites (N-methyl/N-ethyl adjacent to an activating group) is 1. The van der Waals surface area contributed by atoms with Gasteiger partial charge in [-0.2, -0.15) is 0 Å². The van der Waals surface area contributed by atoms with Crippen molar-refractivity contribution >= 4 is 22.7 Å². The molecule has 0 spiro atoms. The zero-order valence-corrected chi connectivity index (χ0v) is 11.4. The molecule has 1 aromatic carbocycles. The molecule has 0 bridgehead atoms. The van der Waals surface area contributed by atoms with E-state index in [1.54, 1.807) is 17.4 Å². The third-order valence-corrected chi connectivity index (χ3v) is 4.17. The second-order valence-corrected chi connectivity index (χ2v) is 5.37. The topological polar surface area (TPSA) is 29.3 Å². The Labute approximate surface area is 111 Å². The molecule has 96 valence electrons. The summed E-state index contributed by atoms with van der Waals surface area (Å²) in [5.41, 5.74) is 8.05. The first-order chi connectivity index (χ1) is 8.59. The quantitative estimate of drug-likeness (QED) is 0.857. The van der Waals surface area contributed by atoms with Gasteiger partial charge >= 0.3 is 0 Å². The van der Waals surface area contributed by atoms with E-state index in [1.807, 2.05) is 18.0 Å². The molecule has 0 fully saturated rings. The molecule has 0 unspecified atom stereocenters. The molecule has 1 heterocycles. The molecular weight excluding hydrogens is 247 g/mol. The Morgan fingerprint density at radius 1 is 1.33 bits per heavy atom. The molecule has 0 atom stereocenters. The van der Waals surface area contributed by atoms with Crippen LogP contribution in [0.3, 0.4) is 0 Å². The van der Waals surface area contributed by atoms with E-state index in [-0.39, 0.29) is 11.5 Å². The molecule has 0 saturated heterocycles. The highest BCUT2D eigenvalue weighted by molar-refractivity contribution is 7.10. The van der Waals surface area contributed by atoms with Crippen LogP contribution in [0, 0.1) is 12.7 Å². The maximum atomic E-state index is 13.4. The molecule has 2 nitrogen and oxygen atoms in total. The molecule has 18 heavy (non-hydrogen) atoms. The predicted molar refractivity (Wildman–Crippen MR) is 76.8 cm³/mol. The van der Waals surface area contributed by atoms with Crippen molar-refractivity contribution in [3.63, 3.8) is 0 Å². The van der Waals surface area contributed by atoms with Crippen molar-refractivity contribution in [2.75, 3.05) is 24.2 Å². The van der Waals surface area contributed by atoms with Gasteiger partial charge in [-0.1, -0.05) is 6.07 Å². The van der Waals surface area contributed by atoms with Gasteiger partial charge in [-0.15, -0.1) is 11.3 Å². The van der Waals surface area contributed by atoms with Crippen LogP contribution in [0.5, 0.6) is 0 Å². The van der Waals surface area contributed by atoms with Gasteiger partial charge in [0.2, 0.25) is 0 Å². The molecule has 0 aliphatic carbocycles. The van der Waals surface area contributed by atoms with E-state index in [2.05, 4.69) is 18.4 Å². The molecular formula is C14H17FN2S. The van der Waals surface area contributed by atoms with E-state index < -0.39 is 0 Å². The number of benzene rings is 1. The fraction of sp³-hybridized carbons (Fsp3) is 0.286. The maximum Gasteiger partial charge on any atom is 0.148 e. The van der Waals surface area contributed by atoms with Gasteiger partial charge in [0, 0.05) is 18.5 Å². The number of rotatable bonds is 4. The molecule has 0 saturated carbocycles. The molecule has 2 N–H and O–H groups in total. The Morgan fingerprint density at radius 2 is 2.11 bits per heavy atom. The predicted octanol–water partition coefficient (Wildman–Crippen LogP) is 3.46. The van der Waals surface area contributed by atoms with Crippen molar-refractivity contribution in [1.82, 2.24) is 0 Å². The summed E-state index contributed by atoms with van der Waals surface area (Å²) in [5.74, 6) is -0.355. The summed E-state index contributed by atoms with van der Waals surface area (Å²) in [6.07, 6.45) is 0.954. The fourth-order valence-electron chi connectivity index (χ4n) is 1.91. The summed E-state index contributed by atoms with van der Waals surface area (Å²) in [6, 6.07) is 7.04. The van der Waals surface area contributed by atoms with Gasteiger partial charge in [0.15, 0.2) is 0 Å². The van der Waals surface area contributed by atoms with Gasteiger partial charge in [-0.3, -0.25) is 0 Å². The van der Waals surface area contributed by atoms with Gasteiger partial charge < -0.3 is 10.6 Å². The lowest BCUT2D eigenvalue weighted by Gasteiger charge is -2.21. The van der Waals surface area contributed by atoms with Crippen LogP contribution < -0.4 is 10.6 Å². The summed E-state index contributed by atoms with van der Waals surface area (Å²) in [7, 11) is 1.94. The summed E-state index contributed by atoms with van der Waals surface area (Å²) in [6.45, 7) is 2.94. The minimum atomic E-state index is -0.355. The van der Waals surface area contributed by atoms with Crippen LogP contribution >= 0.6 is 11.3 Å². The summed E-state index contributed by atoms with van der Waals surface area (Å²) < 4.78 is 13.4. The fourth-order valence-corrected chi connectivity index (χ4v) is 2.81. The van der Waals surface area contributed by atoms with Crippen LogP contribution in [0.15, 0.2) is 29.6 Å². The second kappa shape index (κ2) is 5.40. The van der Waals surface area contributed by atoms with Crippen LogP contribution in [-0.4, -0.2) is 13.6 Å². The first-order valence-corrected chi connectivity index (χ1v) is 6.75. The number of nitrogens with zero attached hydrogens (tertiary/aromatic N) is 1. The van der Waals surface area contributed by atoms with E-state index in [4.69, 9.17) is 5.73 Å². The van der Waals surface area contributed by atoms with E-state index in [0.717, 1.165) is 18.7 Å². The Balaban J connectivity index is 2.06. The number of hydrogen-bond donors (Lipinski definition) is 1. The average Bonchev–Trinajstić information content (AvgIpc) is 2.75. The Morgan fingerprint density at radius 3 is 2.78 bits per heavy atom. The number of halogens is 1.